The monoisotopic (exact) mass is 489 g/mol. The van der Waals surface area contributed by atoms with E-state index in [1.54, 1.807) is 6.07 Å². The number of fused-ring (bicyclic) bond motifs is 1. The van der Waals surface area contributed by atoms with Crippen LogP contribution in [-0.2, 0) is 30.6 Å². The molecule has 0 aliphatic rings. The van der Waals surface area contributed by atoms with Crippen LogP contribution in [-0.4, -0.2) is 28.6 Å². The van der Waals surface area contributed by atoms with E-state index >= 15 is 0 Å². The SMILES string of the molecule is CCc1ccc(OCCCCn2c(CCNC(=O)Cc3ccccc3Cl)nc3ccccc32)cc1. The molecule has 4 rings (SSSR count). The molecular formula is C29H32ClN3O2. The minimum atomic E-state index is -0.0371. The molecule has 1 amide bonds. The number of imidazole rings is 1. The van der Waals surface area contributed by atoms with Gasteiger partial charge in [0.05, 0.1) is 24.1 Å². The highest BCUT2D eigenvalue weighted by molar-refractivity contribution is 6.31. The fourth-order valence-corrected chi connectivity index (χ4v) is 4.34. The van der Waals surface area contributed by atoms with E-state index in [0.29, 0.717) is 24.6 Å². The maximum atomic E-state index is 12.4. The molecule has 1 aromatic heterocycles. The third kappa shape index (κ3) is 6.86. The molecule has 3 aromatic carbocycles. The number of carbonyl (C=O) groups is 1. The first kappa shape index (κ1) is 24.8. The molecule has 5 nitrogen and oxygen atoms in total. The van der Waals surface area contributed by atoms with Crippen LogP contribution in [0.2, 0.25) is 5.02 Å². The van der Waals surface area contributed by atoms with E-state index in [1.165, 1.54) is 5.56 Å². The van der Waals surface area contributed by atoms with Crippen LogP contribution in [0.3, 0.4) is 0 Å². The van der Waals surface area contributed by atoms with Crippen molar-refractivity contribution in [3.05, 3.63) is 94.8 Å². The number of halogens is 1. The predicted octanol–water partition coefficient (Wildman–Crippen LogP) is 6.01. The van der Waals surface area contributed by atoms with Gasteiger partial charge in [-0.05, 0) is 60.7 Å². The van der Waals surface area contributed by atoms with Crippen LogP contribution < -0.4 is 10.1 Å². The first-order valence-electron chi connectivity index (χ1n) is 12.3. The topological polar surface area (TPSA) is 56.1 Å². The highest BCUT2D eigenvalue weighted by Gasteiger charge is 2.12. The van der Waals surface area contributed by atoms with E-state index in [9.17, 15) is 4.79 Å². The molecule has 1 heterocycles. The molecule has 1 N–H and O–H groups in total. The molecule has 0 bridgehead atoms. The van der Waals surface area contributed by atoms with Gasteiger partial charge in [-0.3, -0.25) is 4.79 Å². The van der Waals surface area contributed by atoms with E-state index in [1.807, 2.05) is 48.5 Å². The number of rotatable bonds is 12. The Balaban J connectivity index is 1.29. The number of aryl methyl sites for hydroxylation is 2. The van der Waals surface area contributed by atoms with Gasteiger partial charge in [0.2, 0.25) is 5.91 Å². The van der Waals surface area contributed by atoms with Crippen LogP contribution >= 0.6 is 11.6 Å². The van der Waals surface area contributed by atoms with Crippen LogP contribution in [0.1, 0.15) is 36.7 Å². The number of nitrogens with zero attached hydrogens (tertiary/aromatic N) is 2. The summed E-state index contributed by atoms with van der Waals surface area (Å²) < 4.78 is 8.18. The molecule has 0 saturated carbocycles. The molecule has 0 atom stereocenters. The predicted molar refractivity (Wildman–Crippen MR) is 142 cm³/mol. The van der Waals surface area contributed by atoms with Gasteiger partial charge in [0.15, 0.2) is 0 Å². The molecule has 6 heteroatoms. The van der Waals surface area contributed by atoms with Crippen molar-refractivity contribution >= 4 is 28.5 Å². The maximum absolute atomic E-state index is 12.4. The Morgan fingerprint density at radius 2 is 1.77 bits per heavy atom. The van der Waals surface area contributed by atoms with Gasteiger partial charge >= 0.3 is 0 Å². The zero-order valence-electron chi connectivity index (χ0n) is 20.2. The second-order valence-electron chi connectivity index (χ2n) is 8.59. The zero-order valence-corrected chi connectivity index (χ0v) is 20.9. The maximum Gasteiger partial charge on any atom is 0.224 e. The van der Waals surface area contributed by atoms with Gasteiger partial charge in [0.25, 0.3) is 0 Å². The fraction of sp³-hybridized carbons (Fsp3) is 0.310. The summed E-state index contributed by atoms with van der Waals surface area (Å²) in [7, 11) is 0. The average Bonchev–Trinajstić information content (AvgIpc) is 3.23. The minimum absolute atomic E-state index is 0.0371. The number of hydrogen-bond acceptors (Lipinski definition) is 3. The third-order valence-corrected chi connectivity index (χ3v) is 6.46. The summed E-state index contributed by atoms with van der Waals surface area (Å²) in [6.45, 7) is 4.23. The number of unbranched alkanes of at least 4 members (excludes halogenated alkanes) is 1. The molecule has 0 aliphatic carbocycles. The first-order chi connectivity index (χ1) is 17.1. The van der Waals surface area contributed by atoms with Crippen molar-refractivity contribution in [2.24, 2.45) is 0 Å². The van der Waals surface area contributed by atoms with Crippen molar-refractivity contribution in [3.8, 4) is 5.75 Å². The lowest BCUT2D eigenvalue weighted by atomic mass is 10.1. The van der Waals surface area contributed by atoms with Gasteiger partial charge in [-0.15, -0.1) is 0 Å². The molecular weight excluding hydrogens is 458 g/mol. The van der Waals surface area contributed by atoms with E-state index in [2.05, 4.69) is 35.0 Å². The van der Waals surface area contributed by atoms with Crippen molar-refractivity contribution in [2.45, 2.75) is 45.6 Å². The number of aromatic nitrogens is 2. The number of nitrogens with one attached hydrogen (secondary N) is 1. The van der Waals surface area contributed by atoms with Crippen LogP contribution in [0.15, 0.2) is 72.8 Å². The van der Waals surface area contributed by atoms with Crippen molar-refractivity contribution in [3.63, 3.8) is 0 Å². The summed E-state index contributed by atoms with van der Waals surface area (Å²) in [5.74, 6) is 1.87. The summed E-state index contributed by atoms with van der Waals surface area (Å²) in [6.07, 6.45) is 3.92. The zero-order chi connectivity index (χ0) is 24.5. The number of para-hydroxylation sites is 2. The smallest absolute Gasteiger partial charge is 0.224 e. The van der Waals surface area contributed by atoms with Gasteiger partial charge in [-0.1, -0.05) is 61.0 Å². The standard InChI is InChI=1S/C29H32ClN3O2/c1-2-22-13-15-24(16-14-22)35-20-8-7-19-33-27-12-6-5-11-26(27)32-28(33)17-18-31-29(34)21-23-9-3-4-10-25(23)30/h3-6,9-16H,2,7-8,17-21H2,1H3,(H,31,34). The molecule has 0 spiro atoms. The highest BCUT2D eigenvalue weighted by atomic mass is 35.5. The van der Waals surface area contributed by atoms with Crippen molar-refractivity contribution < 1.29 is 9.53 Å². The van der Waals surface area contributed by atoms with E-state index in [0.717, 1.165) is 54.0 Å². The van der Waals surface area contributed by atoms with Gasteiger partial charge in [-0.2, -0.15) is 0 Å². The Morgan fingerprint density at radius 1 is 1.00 bits per heavy atom. The molecule has 35 heavy (non-hydrogen) atoms. The van der Waals surface area contributed by atoms with Gasteiger partial charge in [-0.25, -0.2) is 4.98 Å². The van der Waals surface area contributed by atoms with Crippen LogP contribution in [0.4, 0.5) is 0 Å². The van der Waals surface area contributed by atoms with Crippen molar-refractivity contribution in [2.75, 3.05) is 13.2 Å². The molecule has 0 saturated heterocycles. The first-order valence-corrected chi connectivity index (χ1v) is 12.7. The average molecular weight is 490 g/mol. The largest absolute Gasteiger partial charge is 0.494 e. The Hall–Kier alpha value is -3.31. The number of benzene rings is 3. The summed E-state index contributed by atoms with van der Waals surface area (Å²) in [6, 6.07) is 24.0. The third-order valence-electron chi connectivity index (χ3n) is 6.09. The quantitative estimate of drug-likeness (QED) is 0.248. The fourth-order valence-electron chi connectivity index (χ4n) is 4.14. The summed E-state index contributed by atoms with van der Waals surface area (Å²) in [5, 5.41) is 3.63. The number of carbonyl (C=O) groups excluding carboxylic acids is 1. The molecule has 0 radical (unpaired) electrons. The molecule has 0 aliphatic heterocycles. The number of hydrogen-bond donors (Lipinski definition) is 1. The van der Waals surface area contributed by atoms with Gasteiger partial charge in [0.1, 0.15) is 11.6 Å². The molecule has 4 aromatic rings. The van der Waals surface area contributed by atoms with Gasteiger partial charge < -0.3 is 14.6 Å². The summed E-state index contributed by atoms with van der Waals surface area (Å²) in [4.78, 5) is 17.2. The highest BCUT2D eigenvalue weighted by Crippen LogP contribution is 2.19. The van der Waals surface area contributed by atoms with Crippen LogP contribution in [0.5, 0.6) is 5.75 Å². The Labute approximate surface area is 212 Å². The molecule has 0 fully saturated rings. The number of amides is 1. The lowest BCUT2D eigenvalue weighted by molar-refractivity contribution is -0.120. The summed E-state index contributed by atoms with van der Waals surface area (Å²) in [5.41, 5.74) is 4.26. The Kier molecular flexibility index (Phi) is 8.79. The van der Waals surface area contributed by atoms with E-state index < -0.39 is 0 Å². The van der Waals surface area contributed by atoms with Crippen LogP contribution in [0.25, 0.3) is 11.0 Å². The van der Waals surface area contributed by atoms with E-state index in [-0.39, 0.29) is 12.3 Å². The minimum Gasteiger partial charge on any atom is -0.494 e. The normalized spacial score (nSPS) is 11.0. The second-order valence-corrected chi connectivity index (χ2v) is 9.00. The molecule has 0 unspecified atom stereocenters. The summed E-state index contributed by atoms with van der Waals surface area (Å²) >= 11 is 6.18. The van der Waals surface area contributed by atoms with Crippen molar-refractivity contribution in [1.29, 1.82) is 0 Å². The lowest BCUT2D eigenvalue weighted by Crippen LogP contribution is -2.28. The van der Waals surface area contributed by atoms with E-state index in [4.69, 9.17) is 21.3 Å². The Morgan fingerprint density at radius 3 is 2.57 bits per heavy atom. The lowest BCUT2D eigenvalue weighted by Gasteiger charge is -2.11. The van der Waals surface area contributed by atoms with Crippen molar-refractivity contribution in [1.82, 2.24) is 14.9 Å². The van der Waals surface area contributed by atoms with Crippen LogP contribution in [0, 0.1) is 0 Å². The molecule has 182 valence electrons. The second kappa shape index (κ2) is 12.4. The Bertz CT molecular complexity index is 1250. The number of ether oxygens (including phenoxy) is 1. The van der Waals surface area contributed by atoms with Gasteiger partial charge in [0, 0.05) is 24.5 Å².